The zero-order valence-electron chi connectivity index (χ0n) is 16.9. The second-order valence-corrected chi connectivity index (χ2v) is 7.87. The Morgan fingerprint density at radius 2 is 2.00 bits per heavy atom. The van der Waals surface area contributed by atoms with E-state index in [1.165, 1.54) is 0 Å². The Bertz CT molecular complexity index is 1240. The highest BCUT2D eigenvalue weighted by molar-refractivity contribution is 5.84. The second kappa shape index (κ2) is 7.50. The molecule has 2 aromatic heterocycles. The zero-order chi connectivity index (χ0) is 20.7. The van der Waals surface area contributed by atoms with Crippen molar-refractivity contribution >= 4 is 28.0 Å². The molecule has 154 valence electrons. The first-order valence-corrected chi connectivity index (χ1v) is 10.3. The molecule has 2 N–H and O–H groups in total. The van der Waals surface area contributed by atoms with Gasteiger partial charge < -0.3 is 19.4 Å². The SMILES string of the molecule is Cc1c(O)ccc2c(CN3CCCN(c4nc5ccccc5[nH]4)CC3)cc(=O)oc12. The predicted molar refractivity (Wildman–Crippen MR) is 117 cm³/mol. The van der Waals surface area contributed by atoms with Gasteiger partial charge in [0.05, 0.1) is 11.0 Å². The highest BCUT2D eigenvalue weighted by atomic mass is 16.4. The number of anilines is 1. The van der Waals surface area contributed by atoms with Crippen LogP contribution in [0, 0.1) is 6.92 Å². The molecule has 1 aliphatic rings. The molecule has 4 aromatic rings. The fourth-order valence-corrected chi connectivity index (χ4v) is 4.22. The fourth-order valence-electron chi connectivity index (χ4n) is 4.22. The van der Waals surface area contributed by atoms with Gasteiger partial charge in [-0.1, -0.05) is 12.1 Å². The van der Waals surface area contributed by atoms with Crippen LogP contribution in [-0.4, -0.2) is 46.2 Å². The molecule has 0 bridgehead atoms. The number of aromatic hydroxyl groups is 1. The molecule has 1 fully saturated rings. The van der Waals surface area contributed by atoms with Crippen molar-refractivity contribution in [1.29, 1.82) is 0 Å². The number of H-pyrrole nitrogens is 1. The summed E-state index contributed by atoms with van der Waals surface area (Å²) in [6.45, 7) is 6.03. The van der Waals surface area contributed by atoms with Crippen LogP contribution in [0.4, 0.5) is 5.95 Å². The van der Waals surface area contributed by atoms with E-state index in [-0.39, 0.29) is 11.4 Å². The average molecular weight is 404 g/mol. The molecule has 3 heterocycles. The molecular weight excluding hydrogens is 380 g/mol. The summed E-state index contributed by atoms with van der Waals surface area (Å²) in [6.07, 6.45) is 1.01. The Hall–Kier alpha value is -3.32. The largest absolute Gasteiger partial charge is 0.508 e. The smallest absolute Gasteiger partial charge is 0.336 e. The van der Waals surface area contributed by atoms with E-state index in [1.54, 1.807) is 19.1 Å². The molecule has 0 saturated carbocycles. The first kappa shape index (κ1) is 18.7. The van der Waals surface area contributed by atoms with E-state index in [0.29, 0.717) is 17.7 Å². The Morgan fingerprint density at radius 3 is 2.87 bits per heavy atom. The minimum absolute atomic E-state index is 0.138. The van der Waals surface area contributed by atoms with Crippen LogP contribution < -0.4 is 10.5 Å². The molecule has 5 rings (SSSR count). The summed E-state index contributed by atoms with van der Waals surface area (Å²) in [5, 5.41) is 10.8. The number of rotatable bonds is 3. The van der Waals surface area contributed by atoms with Gasteiger partial charge in [-0.3, -0.25) is 4.90 Å². The van der Waals surface area contributed by atoms with Crippen LogP contribution in [0.25, 0.3) is 22.0 Å². The molecular formula is C23H24N4O3. The summed E-state index contributed by atoms with van der Waals surface area (Å²) in [5.41, 5.74) is 3.64. The lowest BCUT2D eigenvalue weighted by molar-refractivity contribution is 0.286. The number of para-hydroxylation sites is 2. The number of hydrogen-bond acceptors (Lipinski definition) is 6. The van der Waals surface area contributed by atoms with Gasteiger partial charge in [0.15, 0.2) is 0 Å². The quantitative estimate of drug-likeness (QED) is 0.509. The van der Waals surface area contributed by atoms with Crippen molar-refractivity contribution in [3.05, 3.63) is 64.0 Å². The van der Waals surface area contributed by atoms with Crippen LogP contribution in [0.15, 0.2) is 51.7 Å². The van der Waals surface area contributed by atoms with Crippen molar-refractivity contribution in [2.75, 3.05) is 31.1 Å². The number of aromatic amines is 1. The van der Waals surface area contributed by atoms with Crippen molar-refractivity contribution in [1.82, 2.24) is 14.9 Å². The third-order valence-corrected chi connectivity index (χ3v) is 5.88. The molecule has 0 aliphatic carbocycles. The molecule has 0 radical (unpaired) electrons. The average Bonchev–Trinajstić information content (AvgIpc) is 3.03. The van der Waals surface area contributed by atoms with E-state index in [4.69, 9.17) is 9.40 Å². The normalized spacial score (nSPS) is 15.7. The molecule has 1 saturated heterocycles. The van der Waals surface area contributed by atoms with Crippen LogP contribution in [0.2, 0.25) is 0 Å². The molecule has 1 aliphatic heterocycles. The van der Waals surface area contributed by atoms with Crippen LogP contribution in [0.1, 0.15) is 17.5 Å². The van der Waals surface area contributed by atoms with Crippen LogP contribution >= 0.6 is 0 Å². The summed E-state index contributed by atoms with van der Waals surface area (Å²) >= 11 is 0. The Kier molecular flexibility index (Phi) is 4.67. The lowest BCUT2D eigenvalue weighted by Gasteiger charge is -2.22. The Balaban J connectivity index is 1.37. The van der Waals surface area contributed by atoms with Crippen molar-refractivity contribution < 1.29 is 9.52 Å². The van der Waals surface area contributed by atoms with Gasteiger partial charge in [-0.05, 0) is 43.2 Å². The molecule has 0 atom stereocenters. The van der Waals surface area contributed by atoms with Gasteiger partial charge in [-0.2, -0.15) is 0 Å². The number of aromatic nitrogens is 2. The van der Waals surface area contributed by atoms with E-state index in [0.717, 1.165) is 60.5 Å². The van der Waals surface area contributed by atoms with Gasteiger partial charge in [0.25, 0.3) is 0 Å². The summed E-state index contributed by atoms with van der Waals surface area (Å²) in [5.74, 6) is 1.05. The number of hydrogen-bond donors (Lipinski definition) is 2. The molecule has 7 heteroatoms. The number of imidazole rings is 1. The fraction of sp³-hybridized carbons (Fsp3) is 0.304. The molecule has 0 unspecified atom stereocenters. The van der Waals surface area contributed by atoms with Gasteiger partial charge in [0.1, 0.15) is 11.3 Å². The van der Waals surface area contributed by atoms with Gasteiger partial charge >= 0.3 is 5.63 Å². The van der Waals surface area contributed by atoms with Crippen LogP contribution in [-0.2, 0) is 6.54 Å². The van der Waals surface area contributed by atoms with E-state index < -0.39 is 0 Å². The lowest BCUT2D eigenvalue weighted by atomic mass is 10.1. The second-order valence-electron chi connectivity index (χ2n) is 7.87. The highest BCUT2D eigenvalue weighted by Gasteiger charge is 2.19. The minimum atomic E-state index is -0.384. The standard InChI is InChI=1S/C23H24N4O3/c1-15-20(28)8-7-17-16(13-21(29)30-22(15)17)14-26-9-4-10-27(12-11-26)23-24-18-5-2-3-6-19(18)25-23/h2-3,5-8,13,28H,4,9-12,14H2,1H3,(H,24,25). The lowest BCUT2D eigenvalue weighted by Crippen LogP contribution is -2.31. The maximum atomic E-state index is 12.1. The summed E-state index contributed by atoms with van der Waals surface area (Å²) in [6, 6.07) is 13.1. The number of phenolic OH excluding ortho intramolecular Hbond substituents is 1. The van der Waals surface area contributed by atoms with Crippen molar-refractivity contribution in [3.8, 4) is 5.75 Å². The van der Waals surface area contributed by atoms with Crippen LogP contribution in [0.5, 0.6) is 5.75 Å². The highest BCUT2D eigenvalue weighted by Crippen LogP contribution is 2.28. The summed E-state index contributed by atoms with van der Waals surface area (Å²) in [4.78, 5) is 24.9. The van der Waals surface area contributed by atoms with E-state index in [2.05, 4.69) is 14.8 Å². The van der Waals surface area contributed by atoms with Crippen LogP contribution in [0.3, 0.4) is 0 Å². The van der Waals surface area contributed by atoms with E-state index in [9.17, 15) is 9.90 Å². The molecule has 2 aromatic carbocycles. The topological polar surface area (TPSA) is 85.6 Å². The van der Waals surface area contributed by atoms with Crippen molar-refractivity contribution in [3.63, 3.8) is 0 Å². The Labute approximate surface area is 173 Å². The Morgan fingerprint density at radius 1 is 1.13 bits per heavy atom. The van der Waals surface area contributed by atoms with Gasteiger partial charge in [0, 0.05) is 49.7 Å². The van der Waals surface area contributed by atoms with Gasteiger partial charge in [0.2, 0.25) is 5.95 Å². The molecule has 30 heavy (non-hydrogen) atoms. The number of benzene rings is 2. The predicted octanol–water partition coefficient (Wildman–Crippen LogP) is 3.40. The molecule has 7 nitrogen and oxygen atoms in total. The van der Waals surface area contributed by atoms with E-state index in [1.807, 2.05) is 30.3 Å². The summed E-state index contributed by atoms with van der Waals surface area (Å²) in [7, 11) is 0. The van der Waals surface area contributed by atoms with E-state index >= 15 is 0 Å². The molecule has 0 amide bonds. The summed E-state index contributed by atoms with van der Waals surface area (Å²) < 4.78 is 5.38. The third kappa shape index (κ3) is 3.41. The monoisotopic (exact) mass is 404 g/mol. The number of nitrogens with one attached hydrogen (secondary N) is 1. The third-order valence-electron chi connectivity index (χ3n) is 5.88. The maximum absolute atomic E-state index is 12.1. The minimum Gasteiger partial charge on any atom is -0.508 e. The number of fused-ring (bicyclic) bond motifs is 2. The van der Waals surface area contributed by atoms with Gasteiger partial charge in [-0.15, -0.1) is 0 Å². The number of aryl methyl sites for hydroxylation is 1. The first-order chi connectivity index (χ1) is 14.6. The van der Waals surface area contributed by atoms with Crippen molar-refractivity contribution in [2.45, 2.75) is 19.9 Å². The number of phenols is 1. The molecule has 0 spiro atoms. The maximum Gasteiger partial charge on any atom is 0.336 e. The van der Waals surface area contributed by atoms with Gasteiger partial charge in [-0.25, -0.2) is 9.78 Å². The van der Waals surface area contributed by atoms with Crippen molar-refractivity contribution in [2.24, 2.45) is 0 Å². The zero-order valence-corrected chi connectivity index (χ0v) is 16.9. The first-order valence-electron chi connectivity index (χ1n) is 10.3. The number of nitrogens with zero attached hydrogens (tertiary/aromatic N) is 3.